The van der Waals surface area contributed by atoms with Gasteiger partial charge in [-0.1, -0.05) is 6.07 Å². The maximum Gasteiger partial charge on any atom is 0.257 e. The van der Waals surface area contributed by atoms with Crippen LogP contribution in [0.3, 0.4) is 0 Å². The van der Waals surface area contributed by atoms with E-state index in [4.69, 9.17) is 9.15 Å². The first kappa shape index (κ1) is 21.6. The third kappa shape index (κ3) is 3.54. The van der Waals surface area contributed by atoms with Gasteiger partial charge in [-0.2, -0.15) is 0 Å². The lowest BCUT2D eigenvalue weighted by Gasteiger charge is -2.40. The van der Waals surface area contributed by atoms with Crippen molar-refractivity contribution >= 4 is 23.0 Å². The number of carbonyl (C=O) groups excluding carboxylic acids is 1. The fourth-order valence-corrected chi connectivity index (χ4v) is 3.83. The number of carbonyl (C=O) groups is 1. The maximum atomic E-state index is 12.4. The number of rotatable bonds is 7. The van der Waals surface area contributed by atoms with E-state index in [1.54, 1.807) is 26.4 Å². The second kappa shape index (κ2) is 8.16. The Hall–Kier alpha value is -3.59. The minimum atomic E-state index is -0.705. The molecule has 9 nitrogen and oxygen atoms in total. The van der Waals surface area contributed by atoms with E-state index in [0.29, 0.717) is 12.4 Å². The molecule has 3 unspecified atom stereocenters. The number of para-hydroxylation sites is 1. The van der Waals surface area contributed by atoms with Crippen LogP contribution in [0.1, 0.15) is 34.6 Å². The number of ether oxygens (including phenoxy) is 1. The molecule has 1 aromatic heterocycles. The van der Waals surface area contributed by atoms with Crippen molar-refractivity contribution in [3.63, 3.8) is 0 Å². The first-order valence-corrected chi connectivity index (χ1v) is 10.3. The van der Waals surface area contributed by atoms with Crippen LogP contribution in [0, 0.1) is 12.8 Å². The van der Waals surface area contributed by atoms with Gasteiger partial charge in [-0.25, -0.2) is 0 Å². The Kier molecular flexibility index (Phi) is 5.52. The zero-order chi connectivity index (χ0) is 23.2. The molecule has 9 heteroatoms. The Bertz CT molecular complexity index is 1240. The molecule has 1 aliphatic heterocycles. The van der Waals surface area contributed by atoms with Crippen LogP contribution < -0.4 is 21.5 Å². The van der Waals surface area contributed by atoms with Crippen LogP contribution in [0.4, 0.5) is 17.1 Å². The van der Waals surface area contributed by atoms with E-state index in [9.17, 15) is 19.5 Å². The van der Waals surface area contributed by atoms with Gasteiger partial charge in [0.25, 0.3) is 16.8 Å². The Morgan fingerprint density at radius 2 is 1.91 bits per heavy atom. The van der Waals surface area contributed by atoms with Gasteiger partial charge in [-0.05, 0) is 37.6 Å². The van der Waals surface area contributed by atoms with Crippen molar-refractivity contribution in [1.82, 2.24) is 4.90 Å². The molecule has 1 saturated heterocycles. The monoisotopic (exact) mass is 439 g/mol. The van der Waals surface area contributed by atoms with Gasteiger partial charge in [0.05, 0.1) is 36.3 Å². The van der Waals surface area contributed by atoms with Crippen molar-refractivity contribution in [2.75, 3.05) is 31.3 Å². The third-order valence-corrected chi connectivity index (χ3v) is 5.91. The number of aromatic hydroxyl groups is 1. The summed E-state index contributed by atoms with van der Waals surface area (Å²) in [6.07, 6.45) is 1.54. The first-order valence-electron chi connectivity index (χ1n) is 10.3. The average Bonchev–Trinajstić information content (AvgIpc) is 3.19. The van der Waals surface area contributed by atoms with E-state index in [1.807, 2.05) is 19.9 Å². The van der Waals surface area contributed by atoms with Crippen molar-refractivity contribution in [1.29, 1.82) is 0 Å². The molecule has 0 radical (unpaired) electrons. The number of aryl methyl sites for hydroxylation is 1. The molecule has 2 heterocycles. The summed E-state index contributed by atoms with van der Waals surface area (Å²) in [5, 5.41) is 16.6. The molecule has 3 aromatic rings. The molecular weight excluding hydrogens is 414 g/mol. The molecule has 0 bridgehead atoms. The van der Waals surface area contributed by atoms with Crippen LogP contribution in [0.25, 0.3) is 0 Å². The molecule has 0 aliphatic carbocycles. The van der Waals surface area contributed by atoms with Crippen LogP contribution in [0.15, 0.2) is 44.5 Å². The summed E-state index contributed by atoms with van der Waals surface area (Å²) in [6.45, 7) is 4.34. The molecule has 1 fully saturated rings. The van der Waals surface area contributed by atoms with Gasteiger partial charge in [0.2, 0.25) is 0 Å². The number of hydrogen-bond acceptors (Lipinski definition) is 8. The highest BCUT2D eigenvalue weighted by molar-refractivity contribution is 5.99. The molecule has 1 aliphatic rings. The van der Waals surface area contributed by atoms with Gasteiger partial charge in [0, 0.05) is 20.0 Å². The van der Waals surface area contributed by atoms with Gasteiger partial charge >= 0.3 is 0 Å². The highest BCUT2D eigenvalue weighted by Crippen LogP contribution is 2.39. The van der Waals surface area contributed by atoms with Gasteiger partial charge < -0.3 is 29.8 Å². The fraction of sp³-hybridized carbons (Fsp3) is 0.348. The lowest BCUT2D eigenvalue weighted by atomic mass is 9.87. The lowest BCUT2D eigenvalue weighted by molar-refractivity contribution is -0.112. The number of anilines is 3. The molecule has 0 spiro atoms. The summed E-state index contributed by atoms with van der Waals surface area (Å²) in [5.74, 6) is 0.0311. The zero-order valence-corrected chi connectivity index (χ0v) is 18.3. The summed E-state index contributed by atoms with van der Waals surface area (Å²) in [6, 6.07) is 6.06. The molecule has 32 heavy (non-hydrogen) atoms. The lowest BCUT2D eigenvalue weighted by Crippen LogP contribution is -2.46. The van der Waals surface area contributed by atoms with Crippen LogP contribution in [0.5, 0.6) is 5.75 Å². The van der Waals surface area contributed by atoms with E-state index >= 15 is 0 Å². The molecule has 3 atom stereocenters. The van der Waals surface area contributed by atoms with Gasteiger partial charge in [-0.3, -0.25) is 14.4 Å². The normalized spacial score (nSPS) is 18.8. The topological polar surface area (TPSA) is 121 Å². The average molecular weight is 439 g/mol. The van der Waals surface area contributed by atoms with Crippen LogP contribution in [-0.4, -0.2) is 42.7 Å². The number of amides is 1. The first-order chi connectivity index (χ1) is 15.2. The Morgan fingerprint density at radius 1 is 1.19 bits per heavy atom. The second-order valence-corrected chi connectivity index (χ2v) is 8.23. The minimum absolute atomic E-state index is 0.0295. The Balaban J connectivity index is 1.66. The van der Waals surface area contributed by atoms with E-state index < -0.39 is 10.9 Å². The van der Waals surface area contributed by atoms with Crippen molar-refractivity contribution in [3.8, 4) is 5.75 Å². The predicted molar refractivity (Wildman–Crippen MR) is 119 cm³/mol. The number of phenols is 1. The molecule has 168 valence electrons. The maximum absolute atomic E-state index is 12.4. The number of nitrogens with one attached hydrogen (secondary N) is 2. The van der Waals surface area contributed by atoms with Crippen molar-refractivity contribution in [2.24, 2.45) is 5.92 Å². The fourth-order valence-electron chi connectivity index (χ4n) is 3.83. The van der Waals surface area contributed by atoms with Gasteiger partial charge in [0.1, 0.15) is 17.1 Å². The minimum Gasteiger partial charge on any atom is -0.505 e. The van der Waals surface area contributed by atoms with Crippen molar-refractivity contribution in [2.45, 2.75) is 26.0 Å². The summed E-state index contributed by atoms with van der Waals surface area (Å²) in [7, 11) is 3.14. The predicted octanol–water partition coefficient (Wildman–Crippen LogP) is 2.52. The van der Waals surface area contributed by atoms with Crippen molar-refractivity contribution in [3.05, 3.63) is 67.9 Å². The second-order valence-electron chi connectivity index (χ2n) is 8.23. The summed E-state index contributed by atoms with van der Waals surface area (Å²) < 4.78 is 11.2. The molecule has 3 N–H and O–H groups in total. The molecule has 2 aromatic carbocycles. The number of hydrogen-bond donors (Lipinski definition) is 3. The third-order valence-electron chi connectivity index (χ3n) is 5.91. The van der Waals surface area contributed by atoms with E-state index in [2.05, 4.69) is 10.6 Å². The highest BCUT2D eigenvalue weighted by Gasteiger charge is 2.40. The molecule has 0 saturated carbocycles. The van der Waals surface area contributed by atoms with E-state index in [-0.39, 0.29) is 52.3 Å². The van der Waals surface area contributed by atoms with E-state index in [1.165, 1.54) is 17.0 Å². The summed E-state index contributed by atoms with van der Waals surface area (Å²) in [4.78, 5) is 38.4. The largest absolute Gasteiger partial charge is 0.505 e. The number of phenolic OH excluding ortho intramolecular Hbond substituents is 1. The van der Waals surface area contributed by atoms with Crippen LogP contribution in [0.2, 0.25) is 0 Å². The zero-order valence-electron chi connectivity index (χ0n) is 18.3. The summed E-state index contributed by atoms with van der Waals surface area (Å²) in [5.41, 5.74) is -0.0711. The van der Waals surface area contributed by atoms with Crippen molar-refractivity contribution < 1.29 is 19.1 Å². The van der Waals surface area contributed by atoms with Crippen LogP contribution in [-0.2, 0) is 4.74 Å². The number of furan rings is 1. The Morgan fingerprint density at radius 3 is 2.47 bits per heavy atom. The standard InChI is InChI=1S/C23H25N3O6/c1-11-8-9-31-22(11)16(14-10-32-12(14)2)25-18-17(20(28)21(18)29)24-15-7-5-6-13(19(15)27)23(30)26(3)4/h5-9,12,14,16,24-25,27H,10H2,1-4H3. The molecule has 1 amide bonds. The number of nitrogens with zero attached hydrogens (tertiary/aromatic N) is 1. The quantitative estimate of drug-likeness (QED) is 0.379. The molecular formula is C23H25N3O6. The highest BCUT2D eigenvalue weighted by atomic mass is 16.5. The van der Waals surface area contributed by atoms with E-state index in [0.717, 1.165) is 5.56 Å². The van der Waals surface area contributed by atoms with Gasteiger partial charge in [-0.15, -0.1) is 0 Å². The van der Waals surface area contributed by atoms with Gasteiger partial charge in [0.15, 0.2) is 5.75 Å². The summed E-state index contributed by atoms with van der Waals surface area (Å²) >= 11 is 0. The van der Waals surface area contributed by atoms with Crippen LogP contribution >= 0.6 is 0 Å². The Labute approximate surface area is 184 Å². The smallest absolute Gasteiger partial charge is 0.257 e. The molecule has 4 rings (SSSR count). The number of benzene rings is 1. The SMILES string of the molecule is Cc1ccoc1C(Nc1c(Nc2cccc(C(=O)N(C)C)c2O)c(=O)c1=O)C1COC1C.